The van der Waals surface area contributed by atoms with Gasteiger partial charge in [0.2, 0.25) is 0 Å². The van der Waals surface area contributed by atoms with Crippen molar-refractivity contribution in [2.45, 2.75) is 279 Å². The average molecular weight is 927 g/mol. The summed E-state index contributed by atoms with van der Waals surface area (Å²) in [4.78, 5) is 15.8. The van der Waals surface area contributed by atoms with E-state index in [1.54, 1.807) is 5.57 Å². The Hall–Kier alpha value is -0.950. The summed E-state index contributed by atoms with van der Waals surface area (Å²) in [6, 6.07) is 0. The molecule has 4 rings (SSSR count). The van der Waals surface area contributed by atoms with E-state index in [2.05, 4.69) is 59.4 Å². The van der Waals surface area contributed by atoms with E-state index in [9.17, 15) is 9.90 Å². The van der Waals surface area contributed by atoms with Gasteiger partial charge in [-0.25, -0.2) is 0 Å². The molecule has 0 aromatic carbocycles. The van der Waals surface area contributed by atoms with Gasteiger partial charge in [-0.15, -0.1) is 0 Å². The molecule has 6 nitrogen and oxygen atoms in total. The highest BCUT2D eigenvalue weighted by Crippen LogP contribution is 2.67. The molecule has 0 aromatic heterocycles. The van der Waals surface area contributed by atoms with Crippen LogP contribution in [-0.4, -0.2) is 67.8 Å². The SMILES string of the molecule is CCCCCCCCOC(CCCCCCN(CCCCO)CCCCCC(=O)OC1CCC2(C)C(=CCC3C2CCC2(C)C(C(C)CCCC(C)C)CCC32)C1)OCCCCCCCC. The normalized spacial score (nSPS) is 26.7. The van der Waals surface area contributed by atoms with Crippen LogP contribution in [0.1, 0.15) is 267 Å². The lowest BCUT2D eigenvalue weighted by Crippen LogP contribution is -2.51. The van der Waals surface area contributed by atoms with Crippen LogP contribution in [-0.2, 0) is 19.0 Å². The third kappa shape index (κ3) is 19.7. The van der Waals surface area contributed by atoms with Crippen LogP contribution in [0.5, 0.6) is 0 Å². The fourth-order valence-corrected chi connectivity index (χ4v) is 14.0. The van der Waals surface area contributed by atoms with Gasteiger partial charge in [-0.2, -0.15) is 0 Å². The molecule has 66 heavy (non-hydrogen) atoms. The number of aliphatic hydroxyl groups excluding tert-OH is 1. The van der Waals surface area contributed by atoms with Gasteiger partial charge in [0.05, 0.1) is 0 Å². The van der Waals surface area contributed by atoms with Gasteiger partial charge in [-0.1, -0.05) is 163 Å². The Morgan fingerprint density at radius 2 is 1.27 bits per heavy atom. The third-order valence-electron chi connectivity index (χ3n) is 18.1. The highest BCUT2D eigenvalue weighted by Gasteiger charge is 2.59. The Bertz CT molecular complexity index is 1270. The number of aliphatic hydroxyl groups is 1. The van der Waals surface area contributed by atoms with Gasteiger partial charge in [0.25, 0.3) is 0 Å². The summed E-state index contributed by atoms with van der Waals surface area (Å²) in [5.74, 6) is 5.15. The van der Waals surface area contributed by atoms with E-state index in [-0.39, 0.29) is 25.0 Å². The first kappa shape index (κ1) is 57.6. The van der Waals surface area contributed by atoms with Crippen LogP contribution in [0, 0.1) is 46.3 Å². The molecule has 0 spiro atoms. The lowest BCUT2D eigenvalue weighted by atomic mass is 9.47. The molecule has 6 heteroatoms. The number of hydrogen-bond donors (Lipinski definition) is 1. The van der Waals surface area contributed by atoms with Crippen molar-refractivity contribution in [3.05, 3.63) is 11.6 Å². The van der Waals surface area contributed by atoms with E-state index in [4.69, 9.17) is 14.2 Å². The molecule has 8 unspecified atom stereocenters. The van der Waals surface area contributed by atoms with Gasteiger partial charge in [-0.3, -0.25) is 4.79 Å². The van der Waals surface area contributed by atoms with E-state index in [0.717, 1.165) is 139 Å². The Kier molecular flexibility index (Phi) is 28.7. The fraction of sp³-hybridized carbons (Fsp3) is 0.950. The van der Waals surface area contributed by atoms with Crippen molar-refractivity contribution in [3.63, 3.8) is 0 Å². The number of carbonyl (C=O) groups excluding carboxylic acids is 1. The molecule has 4 aliphatic rings. The van der Waals surface area contributed by atoms with E-state index in [1.165, 1.54) is 141 Å². The van der Waals surface area contributed by atoms with Crippen molar-refractivity contribution in [1.82, 2.24) is 4.90 Å². The van der Waals surface area contributed by atoms with Crippen molar-refractivity contribution < 1.29 is 24.1 Å². The number of rotatable bonds is 39. The van der Waals surface area contributed by atoms with Crippen molar-refractivity contribution in [3.8, 4) is 0 Å². The predicted molar refractivity (Wildman–Crippen MR) is 280 cm³/mol. The fourth-order valence-electron chi connectivity index (χ4n) is 14.0. The molecule has 0 radical (unpaired) electrons. The van der Waals surface area contributed by atoms with Gasteiger partial charge in [0.1, 0.15) is 6.10 Å². The number of hydrogen-bond acceptors (Lipinski definition) is 6. The zero-order valence-corrected chi connectivity index (χ0v) is 45.0. The first-order valence-electron chi connectivity index (χ1n) is 29.5. The summed E-state index contributed by atoms with van der Waals surface area (Å²) in [7, 11) is 0. The second kappa shape index (κ2) is 32.8. The topological polar surface area (TPSA) is 68.2 Å². The molecule has 0 aliphatic heterocycles. The van der Waals surface area contributed by atoms with Gasteiger partial charge in [-0.05, 0) is 169 Å². The van der Waals surface area contributed by atoms with E-state index in [1.807, 2.05) is 0 Å². The van der Waals surface area contributed by atoms with E-state index >= 15 is 0 Å². The summed E-state index contributed by atoms with van der Waals surface area (Å²) in [5.41, 5.74) is 2.45. The number of allylic oxidation sites excluding steroid dienone is 1. The van der Waals surface area contributed by atoms with Crippen LogP contribution in [0.15, 0.2) is 11.6 Å². The molecule has 0 saturated heterocycles. The Balaban J connectivity index is 1.11. The Labute approximate surface area is 410 Å². The number of nitrogens with zero attached hydrogens (tertiary/aromatic N) is 1. The highest BCUT2D eigenvalue weighted by molar-refractivity contribution is 5.69. The van der Waals surface area contributed by atoms with Crippen LogP contribution < -0.4 is 0 Å². The molecule has 0 bridgehead atoms. The highest BCUT2D eigenvalue weighted by atomic mass is 16.7. The summed E-state index contributed by atoms with van der Waals surface area (Å²) in [5, 5.41) is 9.46. The molecule has 0 heterocycles. The summed E-state index contributed by atoms with van der Waals surface area (Å²) in [6.45, 7) is 22.4. The minimum atomic E-state index is -0.0451. The van der Waals surface area contributed by atoms with Crippen LogP contribution >= 0.6 is 0 Å². The van der Waals surface area contributed by atoms with Crippen molar-refractivity contribution in [1.29, 1.82) is 0 Å². The molecule has 3 saturated carbocycles. The minimum Gasteiger partial charge on any atom is -0.462 e. The van der Waals surface area contributed by atoms with Crippen molar-refractivity contribution in [2.24, 2.45) is 46.3 Å². The number of esters is 1. The van der Waals surface area contributed by atoms with E-state index in [0.29, 0.717) is 17.3 Å². The van der Waals surface area contributed by atoms with Crippen LogP contribution in [0.25, 0.3) is 0 Å². The molecular formula is C60H111NO5. The third-order valence-corrected chi connectivity index (χ3v) is 18.1. The molecule has 386 valence electrons. The maximum Gasteiger partial charge on any atom is 0.306 e. The maximum absolute atomic E-state index is 13.2. The standard InChI is InChI=1S/C60H111NO5/c1-8-10-12-14-18-27-46-64-58(65-47-28-19-15-13-11-9-2)33-22-16-17-23-42-61(44-25-26-45-62)43-24-20-21-32-57(63)66-52-38-40-59(6)51(48-52)34-35-53-55-37-36-54(50(5)31-29-30-49(3)4)60(55,7)41-39-56(53)59/h34,49-50,52-56,58,62H,8-33,35-48H2,1-7H3. The molecular weight excluding hydrogens is 815 g/mol. The first-order valence-corrected chi connectivity index (χ1v) is 29.5. The lowest BCUT2D eigenvalue weighted by Gasteiger charge is -2.58. The van der Waals surface area contributed by atoms with Gasteiger partial charge in [0, 0.05) is 32.7 Å². The lowest BCUT2D eigenvalue weighted by molar-refractivity contribution is -0.151. The largest absolute Gasteiger partial charge is 0.462 e. The molecule has 8 atom stereocenters. The van der Waals surface area contributed by atoms with Crippen molar-refractivity contribution >= 4 is 5.97 Å². The zero-order chi connectivity index (χ0) is 47.5. The quantitative estimate of drug-likeness (QED) is 0.0287. The molecule has 0 amide bonds. The number of fused-ring (bicyclic) bond motifs is 5. The van der Waals surface area contributed by atoms with Crippen LogP contribution in [0.2, 0.25) is 0 Å². The molecule has 0 aromatic rings. The van der Waals surface area contributed by atoms with Gasteiger partial charge >= 0.3 is 5.97 Å². The Morgan fingerprint density at radius 1 is 0.667 bits per heavy atom. The van der Waals surface area contributed by atoms with E-state index < -0.39 is 0 Å². The summed E-state index contributed by atoms with van der Waals surface area (Å²) >= 11 is 0. The predicted octanol–water partition coefficient (Wildman–Crippen LogP) is 16.6. The molecule has 3 fully saturated rings. The second-order valence-electron chi connectivity index (χ2n) is 23.6. The van der Waals surface area contributed by atoms with Crippen LogP contribution in [0.4, 0.5) is 0 Å². The monoisotopic (exact) mass is 926 g/mol. The second-order valence-corrected chi connectivity index (χ2v) is 23.6. The summed E-state index contributed by atoms with van der Waals surface area (Å²) in [6.07, 6.45) is 43.9. The summed E-state index contributed by atoms with van der Waals surface area (Å²) < 4.78 is 18.8. The van der Waals surface area contributed by atoms with Gasteiger partial charge in [0.15, 0.2) is 6.29 Å². The molecule has 4 aliphatic carbocycles. The number of ether oxygens (including phenoxy) is 3. The van der Waals surface area contributed by atoms with Crippen molar-refractivity contribution in [2.75, 3.05) is 39.5 Å². The zero-order valence-electron chi connectivity index (χ0n) is 45.0. The van der Waals surface area contributed by atoms with Crippen LogP contribution in [0.3, 0.4) is 0 Å². The Morgan fingerprint density at radius 3 is 1.92 bits per heavy atom. The maximum atomic E-state index is 13.2. The molecule has 1 N–H and O–H groups in total. The smallest absolute Gasteiger partial charge is 0.306 e. The average Bonchev–Trinajstić information content (AvgIpc) is 3.66. The number of unbranched alkanes of at least 4 members (excludes halogenated alkanes) is 16. The minimum absolute atomic E-state index is 0.0218. The number of carbonyl (C=O) groups is 1. The first-order chi connectivity index (χ1) is 32.0. The van der Waals surface area contributed by atoms with Gasteiger partial charge < -0.3 is 24.2 Å².